The second-order valence-electron chi connectivity index (χ2n) is 5.88. The van der Waals surface area contributed by atoms with Crippen LogP contribution < -0.4 is 10.6 Å². The molecule has 9 heteroatoms. The molecule has 9 nitrogen and oxygen atoms in total. The summed E-state index contributed by atoms with van der Waals surface area (Å²) in [4.78, 5) is 51.4. The summed E-state index contributed by atoms with van der Waals surface area (Å²) in [5, 5.41) is 5.58. The highest BCUT2D eigenvalue weighted by Crippen LogP contribution is 1.94. The van der Waals surface area contributed by atoms with Crippen molar-refractivity contribution in [1.82, 2.24) is 25.3 Å². The summed E-state index contributed by atoms with van der Waals surface area (Å²) >= 11 is 0. The lowest BCUT2D eigenvalue weighted by atomic mass is 10.4. The normalized spacial score (nSPS) is 10.1. The Morgan fingerprint density at radius 1 is 0.760 bits per heavy atom. The predicted octanol–water partition coefficient (Wildman–Crippen LogP) is -1.50. The van der Waals surface area contributed by atoms with Gasteiger partial charge in [-0.25, -0.2) is 0 Å². The molecule has 0 saturated heterocycles. The maximum atomic E-state index is 12.1. The van der Waals surface area contributed by atoms with Crippen LogP contribution in [-0.2, 0) is 19.2 Å². The molecule has 0 aromatic carbocycles. The van der Waals surface area contributed by atoms with E-state index in [2.05, 4.69) is 10.6 Å². The molecular formula is C16H31N5O4. The van der Waals surface area contributed by atoms with Gasteiger partial charge in [0.2, 0.25) is 23.6 Å². The third-order valence-corrected chi connectivity index (χ3v) is 3.48. The van der Waals surface area contributed by atoms with Gasteiger partial charge >= 0.3 is 0 Å². The van der Waals surface area contributed by atoms with Crippen molar-refractivity contribution < 1.29 is 19.2 Å². The minimum Gasteiger partial charge on any atom is -0.355 e. The van der Waals surface area contributed by atoms with Crippen molar-refractivity contribution in [1.29, 1.82) is 0 Å². The molecule has 0 aromatic heterocycles. The van der Waals surface area contributed by atoms with Gasteiger partial charge in [0.25, 0.3) is 0 Å². The topological polar surface area (TPSA) is 102 Å². The molecule has 0 aliphatic heterocycles. The highest BCUT2D eigenvalue weighted by molar-refractivity contribution is 5.90. The molecule has 0 aliphatic rings. The molecular weight excluding hydrogens is 326 g/mol. The van der Waals surface area contributed by atoms with E-state index in [1.165, 1.54) is 28.8 Å². The van der Waals surface area contributed by atoms with Gasteiger partial charge in [-0.3, -0.25) is 19.2 Å². The fourth-order valence-corrected chi connectivity index (χ4v) is 1.89. The van der Waals surface area contributed by atoms with Gasteiger partial charge in [-0.1, -0.05) is 6.92 Å². The Morgan fingerprint density at radius 2 is 1.24 bits per heavy atom. The van der Waals surface area contributed by atoms with Gasteiger partial charge in [0, 0.05) is 27.7 Å². The number of carbonyl (C=O) groups excluding carboxylic acids is 4. The van der Waals surface area contributed by atoms with E-state index in [4.69, 9.17) is 0 Å². The van der Waals surface area contributed by atoms with Crippen LogP contribution >= 0.6 is 0 Å². The van der Waals surface area contributed by atoms with E-state index in [-0.39, 0.29) is 49.8 Å². The maximum absolute atomic E-state index is 12.1. The van der Waals surface area contributed by atoms with Crippen molar-refractivity contribution in [2.24, 2.45) is 0 Å². The number of nitrogens with one attached hydrogen (secondary N) is 2. The molecule has 25 heavy (non-hydrogen) atoms. The highest BCUT2D eigenvalue weighted by Gasteiger charge is 2.20. The largest absolute Gasteiger partial charge is 0.355 e. The van der Waals surface area contributed by atoms with Crippen molar-refractivity contribution in [2.75, 3.05) is 60.4 Å². The Hall–Kier alpha value is -2.16. The van der Waals surface area contributed by atoms with Crippen molar-refractivity contribution in [3.63, 3.8) is 0 Å². The van der Waals surface area contributed by atoms with E-state index in [1.54, 1.807) is 14.0 Å². The minimum atomic E-state index is -0.347. The number of rotatable bonds is 11. The molecule has 0 aromatic rings. The van der Waals surface area contributed by atoms with E-state index in [0.29, 0.717) is 6.54 Å². The first-order valence-electron chi connectivity index (χ1n) is 8.42. The van der Waals surface area contributed by atoms with Gasteiger partial charge in [-0.2, -0.15) is 0 Å². The molecule has 0 saturated carbocycles. The summed E-state index contributed by atoms with van der Waals surface area (Å²) < 4.78 is 0. The molecule has 2 N–H and O–H groups in total. The van der Waals surface area contributed by atoms with Gasteiger partial charge in [0.15, 0.2) is 0 Å². The van der Waals surface area contributed by atoms with Gasteiger partial charge in [0.05, 0.1) is 26.2 Å². The first-order valence-corrected chi connectivity index (χ1v) is 8.42. The number of carbonyl (C=O) groups is 4. The fraction of sp³-hybridized carbons (Fsp3) is 0.750. The Bertz CT molecular complexity index is 469. The molecule has 0 rings (SSSR count). The lowest BCUT2D eigenvalue weighted by molar-refractivity contribution is -0.142. The summed E-state index contributed by atoms with van der Waals surface area (Å²) in [5.74, 6) is -1.13. The van der Waals surface area contributed by atoms with E-state index in [0.717, 1.165) is 13.0 Å². The van der Waals surface area contributed by atoms with Crippen molar-refractivity contribution in [3.05, 3.63) is 0 Å². The van der Waals surface area contributed by atoms with Crippen LogP contribution in [0, 0.1) is 0 Å². The van der Waals surface area contributed by atoms with Crippen molar-refractivity contribution in [3.8, 4) is 0 Å². The zero-order valence-corrected chi connectivity index (χ0v) is 15.9. The lowest BCUT2D eigenvalue weighted by Gasteiger charge is -2.24. The number of hydrogen-bond acceptors (Lipinski definition) is 5. The van der Waals surface area contributed by atoms with Crippen LogP contribution in [0.5, 0.6) is 0 Å². The van der Waals surface area contributed by atoms with Crippen LogP contribution in [0.25, 0.3) is 0 Å². The quantitative estimate of drug-likeness (QED) is 0.438. The number of hydrogen-bond donors (Lipinski definition) is 2. The molecule has 0 aliphatic carbocycles. The van der Waals surface area contributed by atoms with Crippen LogP contribution in [0.15, 0.2) is 0 Å². The van der Waals surface area contributed by atoms with Gasteiger partial charge < -0.3 is 25.3 Å². The smallest absolute Gasteiger partial charge is 0.242 e. The standard InChI is InChI=1S/C16H31N5O4/c1-6-8-17-9-14(23)20(4)11-16(25)21(5)12-15(24)19(3)10-13(22)18-7-2/h17H,6-12H2,1-5H3,(H,18,22). The monoisotopic (exact) mass is 357 g/mol. The van der Waals surface area contributed by atoms with Crippen LogP contribution in [0.1, 0.15) is 20.3 Å². The SMILES string of the molecule is CCCNCC(=O)N(C)CC(=O)N(C)CC(=O)N(C)CC(=O)NCC. The summed E-state index contributed by atoms with van der Waals surface area (Å²) in [6.45, 7) is 4.89. The first kappa shape index (κ1) is 22.8. The van der Waals surface area contributed by atoms with Crippen LogP contribution in [-0.4, -0.2) is 98.7 Å². The summed E-state index contributed by atoms with van der Waals surface area (Å²) in [5.41, 5.74) is 0. The summed E-state index contributed by atoms with van der Waals surface area (Å²) in [7, 11) is 4.55. The average molecular weight is 357 g/mol. The highest BCUT2D eigenvalue weighted by atomic mass is 16.2. The Morgan fingerprint density at radius 3 is 1.72 bits per heavy atom. The zero-order chi connectivity index (χ0) is 19.4. The second-order valence-corrected chi connectivity index (χ2v) is 5.88. The van der Waals surface area contributed by atoms with Crippen LogP contribution in [0.4, 0.5) is 0 Å². The molecule has 0 fully saturated rings. The van der Waals surface area contributed by atoms with E-state index >= 15 is 0 Å². The Labute approximate surface area is 149 Å². The molecule has 0 heterocycles. The van der Waals surface area contributed by atoms with Gasteiger partial charge in [-0.05, 0) is 19.9 Å². The molecule has 0 spiro atoms. The van der Waals surface area contributed by atoms with Crippen LogP contribution in [0.2, 0.25) is 0 Å². The van der Waals surface area contributed by atoms with Gasteiger partial charge in [0.1, 0.15) is 0 Å². The van der Waals surface area contributed by atoms with E-state index in [1.807, 2.05) is 6.92 Å². The molecule has 0 bridgehead atoms. The number of amides is 4. The number of nitrogens with zero attached hydrogens (tertiary/aromatic N) is 3. The third kappa shape index (κ3) is 9.65. The summed E-state index contributed by atoms with van der Waals surface area (Å²) in [6.07, 6.45) is 0.921. The molecule has 4 amide bonds. The lowest BCUT2D eigenvalue weighted by Crippen LogP contribution is -2.47. The molecule has 0 radical (unpaired) electrons. The third-order valence-electron chi connectivity index (χ3n) is 3.48. The van der Waals surface area contributed by atoms with E-state index < -0.39 is 0 Å². The summed E-state index contributed by atoms with van der Waals surface area (Å²) in [6, 6.07) is 0. The van der Waals surface area contributed by atoms with Crippen molar-refractivity contribution in [2.45, 2.75) is 20.3 Å². The molecule has 0 unspecified atom stereocenters. The fourth-order valence-electron chi connectivity index (χ4n) is 1.89. The Kier molecular flexibility index (Phi) is 11.2. The zero-order valence-electron chi connectivity index (χ0n) is 15.9. The maximum Gasteiger partial charge on any atom is 0.242 e. The number of likely N-dealkylation sites (N-methyl/N-ethyl adjacent to an activating group) is 4. The first-order chi connectivity index (χ1) is 11.7. The van der Waals surface area contributed by atoms with Crippen LogP contribution in [0.3, 0.4) is 0 Å². The molecule has 144 valence electrons. The second kappa shape index (κ2) is 12.2. The predicted molar refractivity (Wildman–Crippen MR) is 94.8 cm³/mol. The Balaban J connectivity index is 4.33. The minimum absolute atomic E-state index is 0.0593. The average Bonchev–Trinajstić information content (AvgIpc) is 2.54. The van der Waals surface area contributed by atoms with E-state index in [9.17, 15) is 19.2 Å². The molecule has 0 atom stereocenters. The van der Waals surface area contributed by atoms with Gasteiger partial charge in [-0.15, -0.1) is 0 Å². The van der Waals surface area contributed by atoms with Crippen molar-refractivity contribution >= 4 is 23.6 Å².